The predicted octanol–water partition coefficient (Wildman–Crippen LogP) is 2.24. The van der Waals surface area contributed by atoms with Crippen molar-refractivity contribution in [1.82, 2.24) is 9.97 Å². The van der Waals surface area contributed by atoms with Gasteiger partial charge in [0.05, 0.1) is 58.5 Å². The Hall–Kier alpha value is -2.58. The number of piperazine rings is 1. The molecule has 0 aliphatic carbocycles. The molecule has 1 aromatic carbocycles. The summed E-state index contributed by atoms with van der Waals surface area (Å²) in [6.07, 6.45) is 1.70. The van der Waals surface area contributed by atoms with Gasteiger partial charge >= 0.3 is 0 Å². The molecule has 0 amide bonds. The van der Waals surface area contributed by atoms with Gasteiger partial charge in [0.1, 0.15) is 23.5 Å². The lowest BCUT2D eigenvalue weighted by molar-refractivity contribution is -0.914. The number of aromatic nitrogens is 2. The standard InChI is InChI=1S/C22H28N4O3S/c1-14-15(2)30-22-18(14)21(23-13-24-22)26-10-8-25(9-11-26)12-16-6-7-17(27-3)20(29-5)19(16)28-4/h6-7,13H,8-12H2,1-5H3/p+1. The predicted molar refractivity (Wildman–Crippen MR) is 120 cm³/mol. The van der Waals surface area contributed by atoms with Crippen molar-refractivity contribution >= 4 is 27.4 Å². The van der Waals surface area contributed by atoms with E-state index < -0.39 is 0 Å². The first-order chi connectivity index (χ1) is 14.6. The number of methoxy groups -OCH3 is 3. The molecule has 3 aromatic rings. The van der Waals surface area contributed by atoms with Crippen molar-refractivity contribution in [2.75, 3.05) is 52.4 Å². The van der Waals surface area contributed by atoms with E-state index in [1.165, 1.54) is 20.7 Å². The van der Waals surface area contributed by atoms with Crippen LogP contribution in [0.5, 0.6) is 17.2 Å². The third-order valence-electron chi connectivity index (χ3n) is 5.94. The van der Waals surface area contributed by atoms with E-state index >= 15 is 0 Å². The van der Waals surface area contributed by atoms with Crippen LogP contribution in [0.15, 0.2) is 18.5 Å². The lowest BCUT2D eigenvalue weighted by atomic mass is 10.1. The van der Waals surface area contributed by atoms with Crippen molar-refractivity contribution in [2.45, 2.75) is 20.4 Å². The van der Waals surface area contributed by atoms with E-state index in [1.807, 2.05) is 6.07 Å². The molecule has 0 saturated carbocycles. The summed E-state index contributed by atoms with van der Waals surface area (Å²) < 4.78 is 16.6. The highest BCUT2D eigenvalue weighted by atomic mass is 32.1. The Bertz CT molecular complexity index is 1040. The molecule has 1 saturated heterocycles. The molecule has 1 aliphatic rings. The fourth-order valence-corrected chi connectivity index (χ4v) is 5.18. The fraction of sp³-hybridized carbons (Fsp3) is 0.455. The topological polar surface area (TPSA) is 61.2 Å². The summed E-state index contributed by atoms with van der Waals surface area (Å²) in [7, 11) is 4.97. The van der Waals surface area contributed by atoms with Crippen LogP contribution < -0.4 is 24.0 Å². The molecule has 1 fully saturated rings. The summed E-state index contributed by atoms with van der Waals surface area (Å²) in [5.41, 5.74) is 2.43. The highest BCUT2D eigenvalue weighted by Gasteiger charge is 2.26. The van der Waals surface area contributed by atoms with Crippen molar-refractivity contribution in [3.8, 4) is 17.2 Å². The van der Waals surface area contributed by atoms with E-state index in [1.54, 1.807) is 39.0 Å². The molecule has 8 heteroatoms. The maximum Gasteiger partial charge on any atom is 0.203 e. The first kappa shape index (κ1) is 20.7. The summed E-state index contributed by atoms with van der Waals surface area (Å²) in [4.78, 5) is 15.4. The smallest absolute Gasteiger partial charge is 0.203 e. The molecule has 30 heavy (non-hydrogen) atoms. The van der Waals surface area contributed by atoms with Crippen LogP contribution in [0.25, 0.3) is 10.2 Å². The van der Waals surface area contributed by atoms with Gasteiger partial charge in [-0.25, -0.2) is 9.97 Å². The Morgan fingerprint density at radius 3 is 2.40 bits per heavy atom. The number of rotatable bonds is 6. The molecule has 2 aromatic heterocycles. The number of hydrogen-bond donors (Lipinski definition) is 1. The van der Waals surface area contributed by atoms with Gasteiger partial charge in [-0.15, -0.1) is 11.3 Å². The maximum atomic E-state index is 5.66. The Balaban J connectivity index is 1.50. The van der Waals surface area contributed by atoms with Crippen molar-refractivity contribution < 1.29 is 19.1 Å². The molecule has 4 rings (SSSR count). The monoisotopic (exact) mass is 429 g/mol. The zero-order valence-electron chi connectivity index (χ0n) is 18.2. The number of aryl methyl sites for hydroxylation is 2. The molecule has 160 valence electrons. The van der Waals surface area contributed by atoms with Crippen LogP contribution in [-0.4, -0.2) is 57.5 Å². The van der Waals surface area contributed by atoms with Crippen LogP contribution in [0, 0.1) is 13.8 Å². The largest absolute Gasteiger partial charge is 0.493 e. The zero-order valence-corrected chi connectivity index (χ0v) is 19.1. The Kier molecular flexibility index (Phi) is 5.97. The van der Waals surface area contributed by atoms with E-state index in [0.717, 1.165) is 54.7 Å². The molecule has 0 bridgehead atoms. The Morgan fingerprint density at radius 2 is 1.73 bits per heavy atom. The molecule has 0 unspecified atom stereocenters. The van der Waals surface area contributed by atoms with Gasteiger partial charge < -0.3 is 24.0 Å². The second kappa shape index (κ2) is 8.65. The minimum atomic E-state index is 0.655. The number of nitrogens with zero attached hydrogens (tertiary/aromatic N) is 3. The van der Waals surface area contributed by atoms with Crippen LogP contribution in [0.2, 0.25) is 0 Å². The molecule has 1 N–H and O–H groups in total. The normalized spacial score (nSPS) is 14.9. The molecule has 0 radical (unpaired) electrons. The highest BCUT2D eigenvalue weighted by Crippen LogP contribution is 2.39. The van der Waals surface area contributed by atoms with Gasteiger partial charge in [-0.05, 0) is 31.5 Å². The first-order valence-electron chi connectivity index (χ1n) is 10.1. The number of thiophene rings is 1. The van der Waals surface area contributed by atoms with E-state index in [-0.39, 0.29) is 0 Å². The van der Waals surface area contributed by atoms with Crippen molar-refractivity contribution in [2.24, 2.45) is 0 Å². The SMILES string of the molecule is COc1ccc(C[NH+]2CCN(c3ncnc4sc(C)c(C)c34)CC2)c(OC)c1OC. The number of hydrogen-bond acceptors (Lipinski definition) is 7. The summed E-state index contributed by atoms with van der Waals surface area (Å²) in [6, 6.07) is 4.02. The zero-order chi connectivity index (χ0) is 21.3. The van der Waals surface area contributed by atoms with Crippen molar-refractivity contribution in [1.29, 1.82) is 0 Å². The molecule has 0 spiro atoms. The number of nitrogens with one attached hydrogen (secondary N) is 1. The van der Waals surface area contributed by atoms with Crippen LogP contribution in [0.4, 0.5) is 5.82 Å². The highest BCUT2D eigenvalue weighted by molar-refractivity contribution is 7.18. The second-order valence-electron chi connectivity index (χ2n) is 7.57. The quantitative estimate of drug-likeness (QED) is 0.649. The number of ether oxygens (including phenoxy) is 3. The van der Waals surface area contributed by atoms with Crippen LogP contribution >= 0.6 is 11.3 Å². The molecular formula is C22H29N4O3S+. The van der Waals surface area contributed by atoms with Gasteiger partial charge in [0, 0.05) is 4.88 Å². The minimum Gasteiger partial charge on any atom is -0.493 e. The number of anilines is 1. The number of quaternary nitrogens is 1. The third-order valence-corrected chi connectivity index (χ3v) is 7.06. The molecule has 7 nitrogen and oxygen atoms in total. The lowest BCUT2D eigenvalue weighted by Gasteiger charge is -2.33. The molecular weight excluding hydrogens is 400 g/mol. The first-order valence-corrected chi connectivity index (χ1v) is 11.0. The molecule has 0 atom stereocenters. The molecule has 1 aliphatic heterocycles. The maximum absolute atomic E-state index is 5.66. The summed E-state index contributed by atoms with van der Waals surface area (Å²) >= 11 is 1.75. The number of benzene rings is 1. The van der Waals surface area contributed by atoms with Gasteiger partial charge in [-0.1, -0.05) is 0 Å². The van der Waals surface area contributed by atoms with Gasteiger partial charge in [0.15, 0.2) is 11.5 Å². The summed E-state index contributed by atoms with van der Waals surface area (Å²) in [5.74, 6) is 3.17. The lowest BCUT2D eigenvalue weighted by Crippen LogP contribution is -3.13. The fourth-order valence-electron chi connectivity index (χ4n) is 4.19. The van der Waals surface area contributed by atoms with Crippen LogP contribution in [0.3, 0.4) is 0 Å². The van der Waals surface area contributed by atoms with E-state index in [0.29, 0.717) is 11.5 Å². The number of fused-ring (bicyclic) bond motifs is 1. The summed E-state index contributed by atoms with van der Waals surface area (Å²) in [5, 5.41) is 1.21. The minimum absolute atomic E-state index is 0.655. The van der Waals surface area contributed by atoms with Gasteiger partial charge in [-0.3, -0.25) is 0 Å². The van der Waals surface area contributed by atoms with Crippen molar-refractivity contribution in [3.63, 3.8) is 0 Å². The van der Waals surface area contributed by atoms with Crippen LogP contribution in [0.1, 0.15) is 16.0 Å². The second-order valence-corrected chi connectivity index (χ2v) is 8.77. The van der Waals surface area contributed by atoms with E-state index in [2.05, 4.69) is 34.8 Å². The van der Waals surface area contributed by atoms with Crippen LogP contribution in [-0.2, 0) is 6.54 Å². The van der Waals surface area contributed by atoms with Gasteiger partial charge in [-0.2, -0.15) is 0 Å². The third kappa shape index (κ3) is 3.65. The summed E-state index contributed by atoms with van der Waals surface area (Å²) in [6.45, 7) is 9.20. The van der Waals surface area contributed by atoms with E-state index in [9.17, 15) is 0 Å². The van der Waals surface area contributed by atoms with Gasteiger partial charge in [0.2, 0.25) is 5.75 Å². The average Bonchev–Trinajstić information content (AvgIpc) is 3.07. The molecule has 3 heterocycles. The Morgan fingerprint density at radius 1 is 1.00 bits per heavy atom. The van der Waals surface area contributed by atoms with E-state index in [4.69, 9.17) is 14.2 Å². The Labute approximate surface area is 181 Å². The van der Waals surface area contributed by atoms with Gasteiger partial charge in [0.25, 0.3) is 0 Å². The van der Waals surface area contributed by atoms with Crippen molar-refractivity contribution in [3.05, 3.63) is 34.5 Å². The average molecular weight is 430 g/mol.